The molecular formula is C28H37N3O5. The second-order valence-corrected chi connectivity index (χ2v) is 9.96. The number of carbonyl (C=O) groups excluding carboxylic acids is 1. The molecule has 1 spiro atoms. The van der Waals surface area contributed by atoms with Gasteiger partial charge < -0.3 is 19.5 Å². The number of amides is 1. The molecule has 0 radical (unpaired) electrons. The van der Waals surface area contributed by atoms with Crippen molar-refractivity contribution in [2.75, 3.05) is 46.0 Å². The number of carbonyl (C=O) groups is 2. The molecule has 2 aliphatic rings. The van der Waals surface area contributed by atoms with Gasteiger partial charge in [-0.2, -0.15) is 0 Å². The zero-order valence-electron chi connectivity index (χ0n) is 20.9. The molecular weight excluding hydrogens is 458 g/mol. The highest BCUT2D eigenvalue weighted by Crippen LogP contribution is 2.38. The summed E-state index contributed by atoms with van der Waals surface area (Å²) in [5.41, 5.74) is 2.43. The van der Waals surface area contributed by atoms with E-state index in [4.69, 9.17) is 14.6 Å². The monoisotopic (exact) mass is 495 g/mol. The van der Waals surface area contributed by atoms with Gasteiger partial charge in [0.1, 0.15) is 25.6 Å². The summed E-state index contributed by atoms with van der Waals surface area (Å²) in [7, 11) is 0. The number of fused-ring (bicyclic) bond motifs is 1. The van der Waals surface area contributed by atoms with Gasteiger partial charge in [-0.1, -0.05) is 30.7 Å². The number of carboxylic acids is 1. The summed E-state index contributed by atoms with van der Waals surface area (Å²) in [6, 6.07) is 14.4. The number of hydrogen-bond acceptors (Lipinski definition) is 6. The molecule has 0 saturated carbocycles. The first-order chi connectivity index (χ1) is 17.5. The van der Waals surface area contributed by atoms with Crippen molar-refractivity contribution >= 4 is 11.9 Å². The topological polar surface area (TPSA) is 92.2 Å². The molecule has 1 aromatic heterocycles. The van der Waals surface area contributed by atoms with Crippen molar-refractivity contribution < 1.29 is 24.2 Å². The maximum absolute atomic E-state index is 12.6. The van der Waals surface area contributed by atoms with E-state index in [0.717, 1.165) is 69.6 Å². The van der Waals surface area contributed by atoms with Crippen molar-refractivity contribution in [2.45, 2.75) is 45.1 Å². The van der Waals surface area contributed by atoms with E-state index in [9.17, 15) is 9.59 Å². The van der Waals surface area contributed by atoms with Crippen LogP contribution in [0.2, 0.25) is 0 Å². The highest BCUT2D eigenvalue weighted by atomic mass is 16.5. The molecule has 1 aromatic carbocycles. The fraction of sp³-hybridized carbons (Fsp3) is 0.536. The van der Waals surface area contributed by atoms with Crippen molar-refractivity contribution in [1.29, 1.82) is 0 Å². The number of hydrogen-bond donors (Lipinski definition) is 1. The normalized spacial score (nSPS) is 18.9. The zero-order chi connectivity index (χ0) is 25.2. The Balaban J connectivity index is 1.45. The van der Waals surface area contributed by atoms with Gasteiger partial charge in [0.2, 0.25) is 5.91 Å². The van der Waals surface area contributed by atoms with Crippen LogP contribution in [0.25, 0.3) is 0 Å². The smallest absolute Gasteiger partial charge is 0.329 e. The summed E-state index contributed by atoms with van der Waals surface area (Å²) >= 11 is 0. The Labute approximate surface area is 213 Å². The molecule has 0 aliphatic carbocycles. The van der Waals surface area contributed by atoms with Crippen LogP contribution in [0.15, 0.2) is 48.7 Å². The highest BCUT2D eigenvalue weighted by Gasteiger charge is 2.37. The molecule has 4 rings (SSSR count). The number of rotatable bonds is 6. The second-order valence-electron chi connectivity index (χ2n) is 9.96. The predicted molar refractivity (Wildman–Crippen MR) is 136 cm³/mol. The van der Waals surface area contributed by atoms with Gasteiger partial charge in [-0.25, -0.2) is 4.79 Å². The third kappa shape index (κ3) is 7.51. The van der Waals surface area contributed by atoms with Crippen molar-refractivity contribution in [3.63, 3.8) is 0 Å². The Kier molecular flexibility index (Phi) is 9.30. The van der Waals surface area contributed by atoms with Gasteiger partial charge in [-0.05, 0) is 61.3 Å². The summed E-state index contributed by atoms with van der Waals surface area (Å²) in [5, 5.41) is 8.75. The molecule has 0 atom stereocenters. The average Bonchev–Trinajstić information content (AvgIpc) is 2.87. The van der Waals surface area contributed by atoms with Crippen molar-refractivity contribution in [1.82, 2.24) is 14.8 Å². The van der Waals surface area contributed by atoms with Gasteiger partial charge in [0.05, 0.1) is 5.69 Å². The molecule has 2 aliphatic heterocycles. The number of nitrogens with zero attached hydrogens (tertiary/aromatic N) is 3. The molecule has 1 saturated heterocycles. The lowest BCUT2D eigenvalue weighted by Gasteiger charge is -2.45. The second kappa shape index (κ2) is 12.8. The summed E-state index contributed by atoms with van der Waals surface area (Å²) in [6.07, 6.45) is 8.05. The minimum absolute atomic E-state index is 0.117. The Morgan fingerprint density at radius 2 is 1.81 bits per heavy atom. The van der Waals surface area contributed by atoms with Crippen molar-refractivity contribution in [2.24, 2.45) is 5.41 Å². The molecule has 8 heteroatoms. The fourth-order valence-electron chi connectivity index (χ4n) is 5.40. The predicted octanol–water partition coefficient (Wildman–Crippen LogP) is 3.40. The molecule has 2 aromatic rings. The molecule has 3 heterocycles. The van der Waals surface area contributed by atoms with Crippen molar-refractivity contribution in [3.05, 3.63) is 59.9 Å². The maximum atomic E-state index is 12.6. The van der Waals surface area contributed by atoms with Gasteiger partial charge in [0.15, 0.2) is 0 Å². The maximum Gasteiger partial charge on any atom is 0.329 e. The number of aryl methyl sites for hydroxylation is 1. The number of para-hydroxylation sites is 1. The Hall–Kier alpha value is -2.97. The summed E-state index contributed by atoms with van der Waals surface area (Å²) in [6.45, 7) is 3.84. The van der Waals surface area contributed by atoms with Gasteiger partial charge >= 0.3 is 5.97 Å². The number of aliphatic carboxylic acids is 1. The number of pyridine rings is 1. The molecule has 1 amide bonds. The van der Waals surface area contributed by atoms with E-state index in [-0.39, 0.29) is 17.9 Å². The van der Waals surface area contributed by atoms with Crippen LogP contribution in [0.5, 0.6) is 5.75 Å². The molecule has 36 heavy (non-hydrogen) atoms. The van der Waals surface area contributed by atoms with E-state index in [1.165, 1.54) is 5.56 Å². The van der Waals surface area contributed by atoms with Crippen LogP contribution in [0.1, 0.15) is 43.4 Å². The fourth-order valence-corrected chi connectivity index (χ4v) is 5.40. The van der Waals surface area contributed by atoms with Crippen molar-refractivity contribution in [3.8, 4) is 5.75 Å². The van der Waals surface area contributed by atoms with E-state index in [1.54, 1.807) is 0 Å². The third-order valence-corrected chi connectivity index (χ3v) is 7.34. The largest absolute Gasteiger partial charge is 0.492 e. The van der Waals surface area contributed by atoms with Crippen LogP contribution in [0.3, 0.4) is 0 Å². The molecule has 0 bridgehead atoms. The minimum Gasteiger partial charge on any atom is -0.492 e. The Morgan fingerprint density at radius 3 is 2.58 bits per heavy atom. The number of ether oxygens (including phenoxy) is 2. The number of aromatic nitrogens is 1. The third-order valence-electron chi connectivity index (χ3n) is 7.34. The first-order valence-corrected chi connectivity index (χ1v) is 12.9. The summed E-state index contributed by atoms with van der Waals surface area (Å²) in [5.74, 6) is -0.203. The molecule has 194 valence electrons. The lowest BCUT2D eigenvalue weighted by molar-refractivity contribution is -0.146. The van der Waals surface area contributed by atoms with Gasteiger partial charge in [0.25, 0.3) is 0 Å². The Morgan fingerprint density at radius 1 is 1.00 bits per heavy atom. The molecule has 0 unspecified atom stereocenters. The molecule has 1 N–H and O–H groups in total. The highest BCUT2D eigenvalue weighted by molar-refractivity contribution is 5.78. The standard InChI is InChI=1S/C28H37N3O5/c32-26(20-35-21-27(33)34)31-15-12-28(13-16-31)11-5-3-8-23-7-1-2-10-25(23)36-18-17-30(22-28)19-24-9-4-6-14-29-24/h1-2,4,6-7,9-10,14H,3,5,8,11-13,15-22H2,(H,33,34). The van der Waals surface area contributed by atoms with Crippen LogP contribution in [-0.2, 0) is 27.3 Å². The van der Waals surface area contributed by atoms with Crippen LogP contribution >= 0.6 is 0 Å². The lowest BCUT2D eigenvalue weighted by Crippen LogP contribution is -2.49. The number of piperidine rings is 1. The van der Waals surface area contributed by atoms with Crippen LogP contribution in [0, 0.1) is 5.41 Å². The van der Waals surface area contributed by atoms with Crippen LogP contribution in [0.4, 0.5) is 0 Å². The quantitative estimate of drug-likeness (QED) is 0.657. The number of carboxylic acid groups (broad SMARTS) is 1. The molecule has 1 fully saturated rings. The van der Waals surface area contributed by atoms with Gasteiger partial charge in [-0.3, -0.25) is 14.7 Å². The van der Waals surface area contributed by atoms with E-state index >= 15 is 0 Å². The van der Waals surface area contributed by atoms with E-state index in [1.807, 2.05) is 29.3 Å². The van der Waals surface area contributed by atoms with Crippen LogP contribution < -0.4 is 4.74 Å². The zero-order valence-corrected chi connectivity index (χ0v) is 20.9. The Bertz CT molecular complexity index is 992. The average molecular weight is 496 g/mol. The first kappa shape index (κ1) is 26.1. The number of likely N-dealkylation sites (tertiary alicyclic amines) is 1. The van der Waals surface area contributed by atoms with E-state index in [0.29, 0.717) is 19.7 Å². The van der Waals surface area contributed by atoms with Gasteiger partial charge in [-0.15, -0.1) is 0 Å². The summed E-state index contributed by atoms with van der Waals surface area (Å²) in [4.78, 5) is 32.1. The van der Waals surface area contributed by atoms with Crippen LogP contribution in [-0.4, -0.2) is 77.8 Å². The minimum atomic E-state index is -1.06. The molecule has 8 nitrogen and oxygen atoms in total. The lowest BCUT2D eigenvalue weighted by atomic mass is 9.73. The number of benzene rings is 1. The van der Waals surface area contributed by atoms with E-state index in [2.05, 4.69) is 34.1 Å². The van der Waals surface area contributed by atoms with E-state index < -0.39 is 12.6 Å². The summed E-state index contributed by atoms with van der Waals surface area (Å²) < 4.78 is 11.3. The van der Waals surface area contributed by atoms with Gasteiger partial charge in [0, 0.05) is 38.9 Å². The first-order valence-electron chi connectivity index (χ1n) is 12.9. The SMILES string of the molecule is O=C(O)COCC(=O)N1CCC2(CCCCc3ccccc3OCCN(Cc3ccccn3)C2)CC1.